The molecule has 1 unspecified atom stereocenters. The van der Waals surface area contributed by atoms with Crippen LogP contribution < -0.4 is 5.73 Å². The highest BCUT2D eigenvalue weighted by Crippen LogP contribution is 2.31. The molecule has 0 aromatic heterocycles. The molecule has 0 spiro atoms. The lowest BCUT2D eigenvalue weighted by Gasteiger charge is -2.26. The zero-order valence-electron chi connectivity index (χ0n) is 10.5. The smallest absolute Gasteiger partial charge is 0.156 e. The summed E-state index contributed by atoms with van der Waals surface area (Å²) < 4.78 is 23.3. The van der Waals surface area contributed by atoms with Crippen molar-refractivity contribution in [1.29, 1.82) is 0 Å². The van der Waals surface area contributed by atoms with Crippen LogP contribution in [0, 0.1) is 0 Å². The Hall–Kier alpha value is -0.870. The van der Waals surface area contributed by atoms with Gasteiger partial charge in [0.2, 0.25) is 0 Å². The molecule has 0 saturated carbocycles. The van der Waals surface area contributed by atoms with Crippen molar-refractivity contribution in [3.05, 3.63) is 34.9 Å². The molecule has 2 rings (SSSR count). The SMILES string of the molecule is CC(C)(C)c1ccc2c(c1)C(N)CS(=O)(=O)C2. The molecular formula is C13H19NO2S. The Bertz CT molecular complexity index is 541. The van der Waals surface area contributed by atoms with Gasteiger partial charge in [0, 0.05) is 6.04 Å². The van der Waals surface area contributed by atoms with Gasteiger partial charge in [-0.25, -0.2) is 8.42 Å². The van der Waals surface area contributed by atoms with Crippen molar-refractivity contribution in [2.45, 2.75) is 38.0 Å². The van der Waals surface area contributed by atoms with Crippen LogP contribution in [0.3, 0.4) is 0 Å². The molecule has 4 heteroatoms. The Morgan fingerprint density at radius 1 is 1.29 bits per heavy atom. The maximum absolute atomic E-state index is 11.6. The number of sulfone groups is 1. The van der Waals surface area contributed by atoms with Crippen LogP contribution in [0.1, 0.15) is 43.5 Å². The summed E-state index contributed by atoms with van der Waals surface area (Å²) in [5.74, 6) is 0.189. The second-order valence-electron chi connectivity index (χ2n) is 5.82. The summed E-state index contributed by atoms with van der Waals surface area (Å²) in [5, 5.41) is 0. The van der Waals surface area contributed by atoms with Gasteiger partial charge in [-0.2, -0.15) is 0 Å². The Balaban J connectivity index is 2.51. The van der Waals surface area contributed by atoms with Crippen LogP contribution in [-0.2, 0) is 21.0 Å². The summed E-state index contributed by atoms with van der Waals surface area (Å²) in [5.41, 5.74) is 9.07. The van der Waals surface area contributed by atoms with E-state index in [0.717, 1.165) is 11.1 Å². The number of fused-ring (bicyclic) bond motifs is 1. The fraction of sp³-hybridized carbons (Fsp3) is 0.538. The normalized spacial score (nSPS) is 23.2. The first-order chi connectivity index (χ1) is 7.69. The van der Waals surface area contributed by atoms with Gasteiger partial charge >= 0.3 is 0 Å². The second kappa shape index (κ2) is 3.82. The molecule has 0 bridgehead atoms. The number of hydrogen-bond acceptors (Lipinski definition) is 3. The monoisotopic (exact) mass is 253 g/mol. The van der Waals surface area contributed by atoms with Crippen molar-refractivity contribution in [1.82, 2.24) is 0 Å². The molecule has 94 valence electrons. The van der Waals surface area contributed by atoms with E-state index >= 15 is 0 Å². The Morgan fingerprint density at radius 2 is 1.94 bits per heavy atom. The zero-order valence-corrected chi connectivity index (χ0v) is 11.3. The van der Waals surface area contributed by atoms with Gasteiger partial charge in [-0.3, -0.25) is 0 Å². The van der Waals surface area contributed by atoms with Crippen molar-refractivity contribution in [2.75, 3.05) is 5.75 Å². The first-order valence-corrected chi connectivity index (χ1v) is 7.60. The molecule has 0 fully saturated rings. The Kier molecular flexibility index (Phi) is 2.83. The highest BCUT2D eigenvalue weighted by Gasteiger charge is 2.28. The van der Waals surface area contributed by atoms with Crippen LogP contribution in [0.4, 0.5) is 0 Å². The third kappa shape index (κ3) is 2.53. The third-order valence-electron chi connectivity index (χ3n) is 3.22. The van der Waals surface area contributed by atoms with Crippen LogP contribution in [0.25, 0.3) is 0 Å². The lowest BCUT2D eigenvalue weighted by Crippen LogP contribution is -2.29. The summed E-state index contributed by atoms with van der Waals surface area (Å²) in [6.07, 6.45) is 0. The molecule has 3 nitrogen and oxygen atoms in total. The topological polar surface area (TPSA) is 60.2 Å². The summed E-state index contributed by atoms with van der Waals surface area (Å²) >= 11 is 0. The van der Waals surface area contributed by atoms with E-state index in [4.69, 9.17) is 5.73 Å². The molecule has 0 amide bonds. The van der Waals surface area contributed by atoms with Gasteiger partial charge in [-0.15, -0.1) is 0 Å². The van der Waals surface area contributed by atoms with Gasteiger partial charge in [0.15, 0.2) is 9.84 Å². The minimum Gasteiger partial charge on any atom is -0.323 e. The summed E-state index contributed by atoms with van der Waals surface area (Å²) in [6, 6.07) is 5.60. The van der Waals surface area contributed by atoms with E-state index in [0.29, 0.717) is 0 Å². The molecule has 0 aliphatic carbocycles. The lowest BCUT2D eigenvalue weighted by molar-refractivity contribution is 0.577. The van der Waals surface area contributed by atoms with Crippen LogP contribution in [0.15, 0.2) is 18.2 Å². The molecule has 2 N–H and O–H groups in total. The van der Waals surface area contributed by atoms with E-state index < -0.39 is 9.84 Å². The van der Waals surface area contributed by atoms with Gasteiger partial charge in [-0.05, 0) is 22.1 Å². The highest BCUT2D eigenvalue weighted by molar-refractivity contribution is 7.90. The second-order valence-corrected chi connectivity index (χ2v) is 7.93. The van der Waals surface area contributed by atoms with Gasteiger partial charge < -0.3 is 5.73 Å². The molecular weight excluding hydrogens is 234 g/mol. The van der Waals surface area contributed by atoms with Gasteiger partial charge in [0.1, 0.15) is 0 Å². The Labute approximate surface area is 103 Å². The minimum absolute atomic E-state index is 0.0606. The fourth-order valence-electron chi connectivity index (χ4n) is 2.20. The number of hydrogen-bond donors (Lipinski definition) is 1. The van der Waals surface area contributed by atoms with Crippen molar-refractivity contribution < 1.29 is 8.42 Å². The van der Waals surface area contributed by atoms with Crippen molar-refractivity contribution >= 4 is 9.84 Å². The van der Waals surface area contributed by atoms with E-state index in [1.807, 2.05) is 12.1 Å². The van der Waals surface area contributed by atoms with Gasteiger partial charge in [0.05, 0.1) is 11.5 Å². The standard InChI is InChI=1S/C13H19NO2S/c1-13(2,3)10-5-4-9-7-17(15,16)8-12(14)11(9)6-10/h4-6,12H,7-8,14H2,1-3H3. The average Bonchev–Trinajstić information content (AvgIpc) is 2.13. The zero-order chi connectivity index (χ0) is 12.8. The van der Waals surface area contributed by atoms with Crippen LogP contribution in [0.5, 0.6) is 0 Å². The van der Waals surface area contributed by atoms with Crippen molar-refractivity contribution in [3.63, 3.8) is 0 Å². The first kappa shape index (κ1) is 12.6. The predicted octanol–water partition coefficient (Wildman–Crippen LogP) is 1.91. The summed E-state index contributed by atoms with van der Waals surface area (Å²) in [4.78, 5) is 0. The molecule has 17 heavy (non-hydrogen) atoms. The van der Waals surface area contributed by atoms with E-state index in [1.54, 1.807) is 0 Å². The quantitative estimate of drug-likeness (QED) is 0.768. The van der Waals surface area contributed by atoms with Crippen LogP contribution in [-0.4, -0.2) is 14.2 Å². The highest BCUT2D eigenvalue weighted by atomic mass is 32.2. The molecule has 1 heterocycles. The number of rotatable bonds is 0. The Morgan fingerprint density at radius 3 is 2.53 bits per heavy atom. The van der Waals surface area contributed by atoms with Gasteiger partial charge in [-0.1, -0.05) is 39.0 Å². The molecule has 1 aromatic carbocycles. The first-order valence-electron chi connectivity index (χ1n) is 5.78. The maximum atomic E-state index is 11.6. The third-order valence-corrected chi connectivity index (χ3v) is 4.84. The van der Waals surface area contributed by atoms with Crippen molar-refractivity contribution in [3.8, 4) is 0 Å². The average molecular weight is 253 g/mol. The maximum Gasteiger partial charge on any atom is 0.156 e. The van der Waals surface area contributed by atoms with E-state index in [2.05, 4.69) is 26.8 Å². The predicted molar refractivity (Wildman–Crippen MR) is 69.6 cm³/mol. The molecule has 0 saturated heterocycles. The van der Waals surface area contributed by atoms with Crippen LogP contribution in [0.2, 0.25) is 0 Å². The molecule has 1 aromatic rings. The summed E-state index contributed by atoms with van der Waals surface area (Å²) in [6.45, 7) is 6.42. The van der Waals surface area contributed by atoms with Crippen molar-refractivity contribution in [2.24, 2.45) is 5.73 Å². The lowest BCUT2D eigenvalue weighted by atomic mass is 9.84. The number of nitrogens with two attached hydrogens (primary N) is 1. The molecule has 0 radical (unpaired) electrons. The minimum atomic E-state index is -3.02. The molecule has 1 aliphatic rings. The van der Waals surface area contributed by atoms with Crippen LogP contribution >= 0.6 is 0 Å². The fourth-order valence-corrected chi connectivity index (χ4v) is 3.78. The van der Waals surface area contributed by atoms with E-state index in [9.17, 15) is 8.42 Å². The van der Waals surface area contributed by atoms with E-state index in [1.165, 1.54) is 5.56 Å². The van der Waals surface area contributed by atoms with E-state index in [-0.39, 0.29) is 23.0 Å². The van der Waals surface area contributed by atoms with Gasteiger partial charge in [0.25, 0.3) is 0 Å². The summed E-state index contributed by atoms with van der Waals surface area (Å²) in [7, 11) is -3.02. The largest absolute Gasteiger partial charge is 0.323 e. The molecule has 1 aliphatic heterocycles. The number of benzene rings is 1. The molecule has 1 atom stereocenters.